The predicted molar refractivity (Wildman–Crippen MR) is 144 cm³/mol. The molecule has 0 spiro atoms. The molecule has 2 fully saturated rings. The van der Waals surface area contributed by atoms with Crippen LogP contribution in [0.4, 0.5) is 21.9 Å². The highest BCUT2D eigenvalue weighted by atomic mass is 32.2. The molecule has 2 amide bonds. The van der Waals surface area contributed by atoms with Crippen molar-refractivity contribution in [1.29, 1.82) is 0 Å². The largest absolute Gasteiger partial charge is 0.481 e. The number of pyridine rings is 2. The van der Waals surface area contributed by atoms with Gasteiger partial charge in [-0.2, -0.15) is 0 Å². The molecular weight excluding hydrogens is 508 g/mol. The van der Waals surface area contributed by atoms with Crippen LogP contribution in [0.2, 0.25) is 0 Å². The van der Waals surface area contributed by atoms with E-state index in [4.69, 9.17) is 14.2 Å². The van der Waals surface area contributed by atoms with Gasteiger partial charge >= 0.3 is 6.09 Å². The van der Waals surface area contributed by atoms with E-state index in [0.29, 0.717) is 43.5 Å². The fraction of sp³-hybridized carbons (Fsp3) is 0.385. The molecular formula is C26H28N6O5S. The van der Waals surface area contributed by atoms with Gasteiger partial charge in [0.2, 0.25) is 11.8 Å². The van der Waals surface area contributed by atoms with Gasteiger partial charge in [0.05, 0.1) is 48.4 Å². The lowest BCUT2D eigenvalue weighted by Gasteiger charge is -2.21. The van der Waals surface area contributed by atoms with Gasteiger partial charge in [-0.15, -0.1) is 11.8 Å². The van der Waals surface area contributed by atoms with Crippen LogP contribution in [-0.4, -0.2) is 86.4 Å². The van der Waals surface area contributed by atoms with Crippen LogP contribution >= 0.6 is 11.8 Å². The molecule has 2 N–H and O–H groups in total. The number of thioether (sulfide) groups is 1. The summed E-state index contributed by atoms with van der Waals surface area (Å²) in [7, 11) is 3.31. The number of nitrogens with zero attached hydrogens (tertiary/aromatic N) is 4. The molecule has 0 saturated carbocycles. The monoisotopic (exact) mass is 536 g/mol. The number of cyclic esters (lactones) is 1. The number of carbonyl (C=O) groups is 2. The highest BCUT2D eigenvalue weighted by Crippen LogP contribution is 2.35. The first-order valence-electron chi connectivity index (χ1n) is 12.4. The van der Waals surface area contributed by atoms with E-state index in [0.717, 1.165) is 27.3 Å². The predicted octanol–water partition coefficient (Wildman–Crippen LogP) is 2.50. The minimum absolute atomic E-state index is 0.0255. The van der Waals surface area contributed by atoms with E-state index in [1.54, 1.807) is 31.4 Å². The third-order valence-corrected chi connectivity index (χ3v) is 8.12. The Kier molecular flexibility index (Phi) is 6.68. The smallest absolute Gasteiger partial charge is 0.414 e. The zero-order chi connectivity index (χ0) is 26.2. The lowest BCUT2D eigenvalue weighted by atomic mass is 10.2. The Balaban J connectivity index is 1.12. The van der Waals surface area contributed by atoms with Crippen molar-refractivity contribution in [3.8, 4) is 5.88 Å². The molecule has 38 heavy (non-hydrogen) atoms. The number of hydrogen-bond acceptors (Lipinski definition) is 10. The fourth-order valence-electron chi connectivity index (χ4n) is 5.13. The second-order valence-electron chi connectivity index (χ2n) is 9.38. The maximum Gasteiger partial charge on any atom is 0.414 e. The van der Waals surface area contributed by atoms with E-state index in [9.17, 15) is 9.59 Å². The number of carbonyl (C=O) groups excluding carboxylic acids is 2. The highest BCUT2D eigenvalue weighted by Gasteiger charge is 2.37. The topological polar surface area (TPSA) is 118 Å². The van der Waals surface area contributed by atoms with Crippen molar-refractivity contribution in [3.05, 3.63) is 42.6 Å². The summed E-state index contributed by atoms with van der Waals surface area (Å²) in [5.41, 5.74) is 3.97. The number of benzene rings is 1. The summed E-state index contributed by atoms with van der Waals surface area (Å²) in [6.07, 6.45) is 1.01. The highest BCUT2D eigenvalue weighted by molar-refractivity contribution is 8.00. The molecule has 0 aliphatic carbocycles. The molecule has 3 aromatic rings. The number of ether oxygens (including phenoxy) is 3. The molecule has 5 heterocycles. The van der Waals surface area contributed by atoms with Crippen molar-refractivity contribution in [2.24, 2.45) is 0 Å². The van der Waals surface area contributed by atoms with Crippen LogP contribution in [-0.2, 0) is 14.3 Å². The molecule has 11 nitrogen and oxygen atoms in total. The molecule has 0 unspecified atom stereocenters. The molecule has 2 aromatic heterocycles. The number of hydrogen-bond donors (Lipinski definition) is 2. The first-order valence-corrected chi connectivity index (χ1v) is 13.4. The van der Waals surface area contributed by atoms with E-state index < -0.39 is 6.09 Å². The Labute approximate surface area is 223 Å². The van der Waals surface area contributed by atoms with Gasteiger partial charge in [0.1, 0.15) is 11.6 Å². The van der Waals surface area contributed by atoms with Crippen LogP contribution in [0.15, 0.2) is 47.5 Å². The number of fused-ring (bicyclic) bond motifs is 2. The average Bonchev–Trinajstić information content (AvgIpc) is 3.53. The van der Waals surface area contributed by atoms with Crippen LogP contribution in [0.25, 0.3) is 11.0 Å². The zero-order valence-corrected chi connectivity index (χ0v) is 21.9. The minimum atomic E-state index is -0.397. The molecule has 2 saturated heterocycles. The standard InChI is InChI=1S/C26H28N6O5S/c1-35-21-13-31(20-7-8-27-17-4-6-24(36-2)30-25(17)20)12-19(21)28-10-16-11-32(26(34)37-16)15-3-5-22-18(9-15)29-23(33)14-38-22/h3-9,16,19,21,28H,10-14H2,1-2H3,(H,29,33)/t16-,19-,21-/m1/s1. The van der Waals surface area contributed by atoms with Crippen LogP contribution in [0.1, 0.15) is 0 Å². The second kappa shape index (κ2) is 10.3. The van der Waals surface area contributed by atoms with Crippen molar-refractivity contribution in [2.45, 2.75) is 23.1 Å². The number of rotatable bonds is 7. The lowest BCUT2D eigenvalue weighted by Crippen LogP contribution is -2.44. The average molecular weight is 537 g/mol. The zero-order valence-electron chi connectivity index (χ0n) is 21.0. The first-order chi connectivity index (χ1) is 18.5. The third-order valence-electron chi connectivity index (χ3n) is 7.05. The van der Waals surface area contributed by atoms with Crippen molar-refractivity contribution < 1.29 is 23.8 Å². The van der Waals surface area contributed by atoms with Crippen LogP contribution in [0.5, 0.6) is 5.88 Å². The fourth-order valence-corrected chi connectivity index (χ4v) is 5.92. The summed E-state index contributed by atoms with van der Waals surface area (Å²) < 4.78 is 16.8. The van der Waals surface area contributed by atoms with Gasteiger partial charge in [-0.1, -0.05) is 0 Å². The third kappa shape index (κ3) is 4.70. The molecule has 3 aliphatic rings. The summed E-state index contributed by atoms with van der Waals surface area (Å²) in [5.74, 6) is 0.893. The SMILES string of the molecule is COc1ccc2nccc(N3C[C@@H](NC[C@@H]4CN(c5ccc6c(c5)NC(=O)CS6)C(=O)O4)[C@H](OC)C3)c2n1. The summed E-state index contributed by atoms with van der Waals surface area (Å²) in [5, 5.41) is 6.43. The van der Waals surface area contributed by atoms with E-state index >= 15 is 0 Å². The summed E-state index contributed by atoms with van der Waals surface area (Å²) in [6, 6.07) is 11.3. The van der Waals surface area contributed by atoms with Crippen molar-refractivity contribution >= 4 is 51.9 Å². The number of amides is 2. The van der Waals surface area contributed by atoms with E-state index in [2.05, 4.69) is 25.5 Å². The van der Waals surface area contributed by atoms with Crippen LogP contribution in [0.3, 0.4) is 0 Å². The van der Waals surface area contributed by atoms with Gasteiger partial charge in [0.25, 0.3) is 0 Å². The molecule has 6 rings (SSSR count). The molecule has 0 radical (unpaired) electrons. The number of nitrogens with one attached hydrogen (secondary N) is 2. The Bertz CT molecular complexity index is 1390. The van der Waals surface area contributed by atoms with Crippen molar-refractivity contribution in [1.82, 2.24) is 15.3 Å². The number of aromatic nitrogens is 2. The quantitative estimate of drug-likeness (QED) is 0.466. The van der Waals surface area contributed by atoms with Gasteiger partial charge < -0.3 is 29.7 Å². The van der Waals surface area contributed by atoms with Crippen molar-refractivity contribution in [2.75, 3.05) is 61.3 Å². The molecule has 3 aliphatic heterocycles. The van der Waals surface area contributed by atoms with Gasteiger partial charge in [0.15, 0.2) is 0 Å². The molecule has 0 bridgehead atoms. The Hall–Kier alpha value is -3.61. The Morgan fingerprint density at radius 1 is 1.16 bits per heavy atom. The Morgan fingerprint density at radius 2 is 2.05 bits per heavy atom. The summed E-state index contributed by atoms with van der Waals surface area (Å²) >= 11 is 1.49. The van der Waals surface area contributed by atoms with Crippen LogP contribution in [0, 0.1) is 0 Å². The molecule has 1 aromatic carbocycles. The minimum Gasteiger partial charge on any atom is -0.481 e. The van der Waals surface area contributed by atoms with Gasteiger partial charge in [-0.05, 0) is 30.3 Å². The maximum absolute atomic E-state index is 12.7. The summed E-state index contributed by atoms with van der Waals surface area (Å²) in [4.78, 5) is 38.3. The van der Waals surface area contributed by atoms with Gasteiger partial charge in [-0.25, -0.2) is 9.78 Å². The van der Waals surface area contributed by atoms with Gasteiger partial charge in [-0.3, -0.25) is 14.7 Å². The number of anilines is 3. The number of methoxy groups -OCH3 is 2. The molecule has 198 valence electrons. The summed E-state index contributed by atoms with van der Waals surface area (Å²) in [6.45, 7) is 2.28. The maximum atomic E-state index is 12.7. The molecule has 3 atom stereocenters. The lowest BCUT2D eigenvalue weighted by molar-refractivity contribution is -0.113. The Morgan fingerprint density at radius 3 is 2.89 bits per heavy atom. The van der Waals surface area contributed by atoms with Crippen molar-refractivity contribution in [3.63, 3.8) is 0 Å². The first kappa shape index (κ1) is 24.7. The normalized spacial score (nSPS) is 22.9. The van der Waals surface area contributed by atoms with E-state index in [-0.39, 0.29) is 24.2 Å². The molecule has 12 heteroatoms. The van der Waals surface area contributed by atoms with E-state index in [1.165, 1.54) is 11.8 Å². The second-order valence-corrected chi connectivity index (χ2v) is 10.4. The van der Waals surface area contributed by atoms with Gasteiger partial charge in [0, 0.05) is 49.6 Å². The van der Waals surface area contributed by atoms with Crippen LogP contribution < -0.4 is 25.2 Å². The van der Waals surface area contributed by atoms with E-state index in [1.807, 2.05) is 30.3 Å².